The van der Waals surface area contributed by atoms with E-state index >= 15 is 0 Å². The predicted octanol–water partition coefficient (Wildman–Crippen LogP) is 3.75. The van der Waals surface area contributed by atoms with Gasteiger partial charge in [0.1, 0.15) is 24.1 Å². The molecule has 1 aliphatic heterocycles. The Balaban J connectivity index is 1.77. The van der Waals surface area contributed by atoms with E-state index in [1.165, 1.54) is 25.4 Å². The van der Waals surface area contributed by atoms with Gasteiger partial charge in [0.05, 0.1) is 23.3 Å². The van der Waals surface area contributed by atoms with Crippen LogP contribution in [0, 0.1) is 0 Å². The first kappa shape index (κ1) is 21.1. The summed E-state index contributed by atoms with van der Waals surface area (Å²) in [4.78, 5) is 21.1. The fourth-order valence-electron chi connectivity index (χ4n) is 3.08. The number of nitrogens with zero attached hydrogens (tertiary/aromatic N) is 3. The summed E-state index contributed by atoms with van der Waals surface area (Å²) < 4.78 is 55.3. The number of benzene rings is 1. The second-order valence-electron chi connectivity index (χ2n) is 6.51. The number of hydrogen-bond donors (Lipinski definition) is 1. The molecule has 1 aliphatic rings. The topological polar surface area (TPSA) is 67.4 Å². The van der Waals surface area contributed by atoms with Crippen LogP contribution in [0.5, 0.6) is 5.75 Å². The van der Waals surface area contributed by atoms with Gasteiger partial charge in [-0.1, -0.05) is 11.6 Å². The van der Waals surface area contributed by atoms with Crippen molar-refractivity contribution in [2.24, 2.45) is 0 Å². The molecule has 156 valence electrons. The van der Waals surface area contributed by atoms with Gasteiger partial charge < -0.3 is 15.0 Å². The summed E-state index contributed by atoms with van der Waals surface area (Å²) in [5, 5.41) is 2.37. The summed E-state index contributed by atoms with van der Waals surface area (Å²) in [7, 11) is 0. The van der Waals surface area contributed by atoms with Crippen LogP contribution < -0.4 is 15.0 Å². The van der Waals surface area contributed by atoms with Crippen LogP contribution in [-0.2, 0) is 4.79 Å². The molecule has 2 heterocycles. The molecule has 1 fully saturated rings. The number of aromatic nitrogens is 2. The maximum atomic E-state index is 14.4. The third kappa shape index (κ3) is 5.47. The number of hydrogen-bond acceptors (Lipinski definition) is 5. The number of alkyl halides is 4. The normalized spacial score (nSPS) is 19.7. The average Bonchev–Trinajstić information content (AvgIpc) is 2.64. The van der Waals surface area contributed by atoms with E-state index in [1.807, 2.05) is 0 Å². The minimum absolute atomic E-state index is 0.0422. The molecule has 11 heteroatoms. The van der Waals surface area contributed by atoms with Gasteiger partial charge >= 0.3 is 6.36 Å². The van der Waals surface area contributed by atoms with Gasteiger partial charge in [0.15, 0.2) is 0 Å². The fraction of sp³-hybridized carbons (Fsp3) is 0.389. The van der Waals surface area contributed by atoms with Gasteiger partial charge in [-0.2, -0.15) is 0 Å². The highest BCUT2D eigenvalue weighted by Gasteiger charge is 2.32. The Bertz CT molecular complexity index is 896. The summed E-state index contributed by atoms with van der Waals surface area (Å²) in [5.41, 5.74) is 0.868. The zero-order chi connectivity index (χ0) is 21.2. The van der Waals surface area contributed by atoms with E-state index in [4.69, 9.17) is 11.6 Å². The van der Waals surface area contributed by atoms with Crippen LogP contribution in [0.4, 0.5) is 23.4 Å². The van der Waals surface area contributed by atoms with Crippen molar-refractivity contribution >= 4 is 23.3 Å². The van der Waals surface area contributed by atoms with Gasteiger partial charge in [-0.15, -0.1) is 13.2 Å². The number of nitrogens with one attached hydrogen (secondary N) is 1. The first-order chi connectivity index (χ1) is 13.6. The number of rotatable bonds is 4. The maximum absolute atomic E-state index is 14.4. The molecule has 29 heavy (non-hydrogen) atoms. The van der Waals surface area contributed by atoms with E-state index in [-0.39, 0.29) is 17.5 Å². The van der Waals surface area contributed by atoms with Crippen LogP contribution in [0.25, 0.3) is 11.3 Å². The molecule has 3 rings (SSSR count). The SMILES string of the molecule is CC(=O)N[C@H]1CCN(c2cc(-c3ccc(OC(F)(F)F)c(Cl)c3)ncn2)C[C@@H]1F. The van der Waals surface area contributed by atoms with E-state index in [0.29, 0.717) is 30.0 Å². The van der Waals surface area contributed by atoms with Crippen molar-refractivity contribution in [1.82, 2.24) is 15.3 Å². The van der Waals surface area contributed by atoms with Crippen molar-refractivity contribution < 1.29 is 27.1 Å². The number of carbonyl (C=O) groups is 1. The van der Waals surface area contributed by atoms with Gasteiger partial charge in [0.2, 0.25) is 5.91 Å². The van der Waals surface area contributed by atoms with Crippen LogP contribution in [0.15, 0.2) is 30.6 Å². The van der Waals surface area contributed by atoms with Crippen molar-refractivity contribution in [1.29, 1.82) is 0 Å². The first-order valence-electron chi connectivity index (χ1n) is 8.66. The van der Waals surface area contributed by atoms with Crippen LogP contribution >= 0.6 is 11.6 Å². The Morgan fingerprint density at radius 1 is 1.31 bits per heavy atom. The van der Waals surface area contributed by atoms with E-state index < -0.39 is 24.3 Å². The van der Waals surface area contributed by atoms with Crippen LogP contribution in [0.3, 0.4) is 0 Å². The predicted molar refractivity (Wildman–Crippen MR) is 98.5 cm³/mol. The molecular weight excluding hydrogens is 416 g/mol. The summed E-state index contributed by atoms with van der Waals surface area (Å²) in [6.45, 7) is 1.85. The van der Waals surface area contributed by atoms with Crippen molar-refractivity contribution in [2.75, 3.05) is 18.0 Å². The second-order valence-corrected chi connectivity index (χ2v) is 6.92. The molecular formula is C18H17ClF4N4O2. The molecule has 2 aromatic rings. The molecule has 0 saturated carbocycles. The molecule has 0 radical (unpaired) electrons. The highest BCUT2D eigenvalue weighted by atomic mass is 35.5. The third-order valence-corrected chi connectivity index (χ3v) is 4.66. The monoisotopic (exact) mass is 432 g/mol. The Morgan fingerprint density at radius 2 is 2.07 bits per heavy atom. The van der Waals surface area contributed by atoms with E-state index in [2.05, 4.69) is 20.0 Å². The highest BCUT2D eigenvalue weighted by Crippen LogP contribution is 2.34. The molecule has 0 aliphatic carbocycles. The zero-order valence-corrected chi connectivity index (χ0v) is 16.0. The number of halogens is 5. The Morgan fingerprint density at radius 3 is 2.69 bits per heavy atom. The van der Waals surface area contributed by atoms with Gasteiger partial charge in [-0.3, -0.25) is 4.79 Å². The first-order valence-corrected chi connectivity index (χ1v) is 9.04. The van der Waals surface area contributed by atoms with E-state index in [9.17, 15) is 22.4 Å². The minimum Gasteiger partial charge on any atom is -0.404 e. The Kier molecular flexibility index (Phi) is 6.11. The van der Waals surface area contributed by atoms with Crippen molar-refractivity contribution in [3.8, 4) is 17.0 Å². The van der Waals surface area contributed by atoms with E-state index in [0.717, 1.165) is 6.07 Å². The van der Waals surface area contributed by atoms with Gasteiger partial charge in [-0.25, -0.2) is 14.4 Å². The third-order valence-electron chi connectivity index (χ3n) is 4.36. The number of anilines is 1. The lowest BCUT2D eigenvalue weighted by atomic mass is 10.0. The van der Waals surface area contributed by atoms with Gasteiger partial charge in [0, 0.05) is 25.1 Å². The Hall–Kier alpha value is -2.62. The molecule has 1 N–H and O–H groups in total. The molecule has 1 aromatic carbocycles. The Labute approximate surface area is 168 Å². The molecule has 2 atom stereocenters. The van der Waals surface area contributed by atoms with Crippen molar-refractivity contribution in [3.63, 3.8) is 0 Å². The van der Waals surface area contributed by atoms with E-state index in [1.54, 1.807) is 11.0 Å². The van der Waals surface area contributed by atoms with Crippen molar-refractivity contribution in [3.05, 3.63) is 35.6 Å². The highest BCUT2D eigenvalue weighted by molar-refractivity contribution is 6.32. The fourth-order valence-corrected chi connectivity index (χ4v) is 3.30. The van der Waals surface area contributed by atoms with Gasteiger partial charge in [-0.05, 0) is 24.6 Å². The molecule has 1 amide bonds. The smallest absolute Gasteiger partial charge is 0.404 e. The number of amides is 1. The summed E-state index contributed by atoms with van der Waals surface area (Å²) in [5.74, 6) is -0.339. The zero-order valence-electron chi connectivity index (χ0n) is 15.2. The second kappa shape index (κ2) is 8.40. The molecule has 0 bridgehead atoms. The minimum atomic E-state index is -4.85. The largest absolute Gasteiger partial charge is 0.573 e. The summed E-state index contributed by atoms with van der Waals surface area (Å²) in [6, 6.07) is 4.84. The lowest BCUT2D eigenvalue weighted by Gasteiger charge is -2.35. The molecule has 6 nitrogen and oxygen atoms in total. The van der Waals surface area contributed by atoms with Crippen LogP contribution in [-0.4, -0.2) is 47.5 Å². The number of ether oxygens (including phenoxy) is 1. The van der Waals surface area contributed by atoms with Gasteiger partial charge in [0.25, 0.3) is 0 Å². The quantitative estimate of drug-likeness (QED) is 0.745. The maximum Gasteiger partial charge on any atom is 0.573 e. The number of carbonyl (C=O) groups excluding carboxylic acids is 1. The van der Waals surface area contributed by atoms with Crippen molar-refractivity contribution in [2.45, 2.75) is 31.9 Å². The van der Waals surface area contributed by atoms with Crippen LogP contribution in [0.1, 0.15) is 13.3 Å². The molecule has 0 spiro atoms. The standard InChI is InChI=1S/C18H17ClF4N4O2/c1-10(28)26-14-4-5-27(8-13(14)20)17-7-15(24-9-25-17)11-2-3-16(12(19)6-11)29-18(21,22)23/h2-3,6-7,9,13-14H,4-5,8H2,1H3,(H,26,28)/t13-,14-/m0/s1. The lowest BCUT2D eigenvalue weighted by Crippen LogP contribution is -2.52. The molecule has 1 aromatic heterocycles. The van der Waals surface area contributed by atoms with Crippen LogP contribution in [0.2, 0.25) is 5.02 Å². The molecule has 1 saturated heterocycles. The lowest BCUT2D eigenvalue weighted by molar-refractivity contribution is -0.274. The summed E-state index contributed by atoms with van der Waals surface area (Å²) >= 11 is 5.89. The average molecular weight is 433 g/mol. The molecule has 0 unspecified atom stereocenters. The summed E-state index contributed by atoms with van der Waals surface area (Å²) in [6.07, 6.45) is -4.42. The number of piperidine rings is 1.